The molecule has 166 valence electrons. The van der Waals surface area contributed by atoms with E-state index >= 15 is 0 Å². The summed E-state index contributed by atoms with van der Waals surface area (Å²) in [6.07, 6.45) is 3.19. The van der Waals surface area contributed by atoms with Crippen LogP contribution in [-0.4, -0.2) is 54.7 Å². The Labute approximate surface area is 183 Å². The maximum absolute atomic E-state index is 11.8. The van der Waals surface area contributed by atoms with Crippen LogP contribution in [0.25, 0.3) is 0 Å². The Morgan fingerprint density at radius 3 is 2.68 bits per heavy atom. The minimum Gasteiger partial charge on any atom is -0.473 e. The molecule has 2 heterocycles. The van der Waals surface area contributed by atoms with E-state index in [1.807, 2.05) is 49.4 Å². The first-order valence-electron chi connectivity index (χ1n) is 10.7. The van der Waals surface area contributed by atoms with Crippen molar-refractivity contribution in [3.8, 4) is 5.88 Å². The van der Waals surface area contributed by atoms with E-state index in [0.29, 0.717) is 44.7 Å². The average molecular weight is 426 g/mol. The normalized spacial score (nSPS) is 14.8. The molecule has 1 fully saturated rings. The van der Waals surface area contributed by atoms with Gasteiger partial charge in [-0.1, -0.05) is 36.4 Å². The van der Waals surface area contributed by atoms with Gasteiger partial charge in [0.05, 0.1) is 6.61 Å². The van der Waals surface area contributed by atoms with Crippen molar-refractivity contribution >= 4 is 12.1 Å². The predicted octanol–water partition coefficient (Wildman–Crippen LogP) is 2.95. The molecule has 0 unspecified atom stereocenters. The van der Waals surface area contributed by atoms with Crippen molar-refractivity contribution in [2.75, 3.05) is 26.7 Å². The maximum atomic E-state index is 11.8. The van der Waals surface area contributed by atoms with Crippen LogP contribution < -0.4 is 15.4 Å². The van der Waals surface area contributed by atoms with Crippen LogP contribution in [-0.2, 0) is 17.9 Å². The topological polar surface area (TPSA) is 88.1 Å². The molecule has 0 bridgehead atoms. The predicted molar refractivity (Wildman–Crippen MR) is 120 cm³/mol. The zero-order valence-corrected chi connectivity index (χ0v) is 18.2. The van der Waals surface area contributed by atoms with E-state index in [0.717, 1.165) is 24.0 Å². The van der Waals surface area contributed by atoms with Crippen molar-refractivity contribution in [2.24, 2.45) is 4.99 Å². The van der Waals surface area contributed by atoms with Gasteiger partial charge in [0.15, 0.2) is 5.96 Å². The number of carbonyl (C=O) groups is 1. The van der Waals surface area contributed by atoms with Gasteiger partial charge in [0, 0.05) is 44.5 Å². The fourth-order valence-corrected chi connectivity index (χ4v) is 3.40. The van der Waals surface area contributed by atoms with Crippen LogP contribution in [0, 0.1) is 0 Å². The van der Waals surface area contributed by atoms with E-state index < -0.39 is 0 Å². The molecule has 1 amide bonds. The summed E-state index contributed by atoms with van der Waals surface area (Å²) < 4.78 is 11.0. The highest BCUT2D eigenvalue weighted by atomic mass is 16.6. The number of aromatic nitrogens is 1. The van der Waals surface area contributed by atoms with Gasteiger partial charge in [0.1, 0.15) is 6.61 Å². The summed E-state index contributed by atoms with van der Waals surface area (Å²) in [5.41, 5.74) is 2.05. The van der Waals surface area contributed by atoms with Gasteiger partial charge in [0.2, 0.25) is 5.88 Å². The monoisotopic (exact) mass is 425 g/mol. The molecule has 2 N–H and O–H groups in total. The number of likely N-dealkylation sites (tertiary alicyclic amines) is 1. The number of aliphatic imine (C=N–C) groups is 1. The van der Waals surface area contributed by atoms with E-state index in [2.05, 4.69) is 20.6 Å². The standard InChI is InChI=1S/C23H31N5O3/c1-3-30-23(29)28-14-11-20(12-15-28)27-22(24-2)26-16-19-10-7-13-25-21(19)31-17-18-8-5-4-6-9-18/h4-10,13,20H,3,11-12,14-17H2,1-2H3,(H2,24,26,27). The third-order valence-corrected chi connectivity index (χ3v) is 5.10. The number of ether oxygens (including phenoxy) is 2. The molecule has 2 aromatic rings. The van der Waals surface area contributed by atoms with Crippen LogP contribution in [0.5, 0.6) is 5.88 Å². The number of pyridine rings is 1. The molecular weight excluding hydrogens is 394 g/mol. The van der Waals surface area contributed by atoms with Gasteiger partial charge < -0.3 is 25.0 Å². The zero-order valence-electron chi connectivity index (χ0n) is 18.2. The molecule has 1 aliphatic rings. The van der Waals surface area contributed by atoms with Crippen LogP contribution in [0.3, 0.4) is 0 Å². The van der Waals surface area contributed by atoms with Gasteiger partial charge in [0.25, 0.3) is 0 Å². The number of rotatable bonds is 7. The number of nitrogens with one attached hydrogen (secondary N) is 2. The van der Waals surface area contributed by atoms with Crippen LogP contribution >= 0.6 is 0 Å². The number of piperidine rings is 1. The largest absolute Gasteiger partial charge is 0.473 e. The molecule has 8 heteroatoms. The van der Waals surface area contributed by atoms with Gasteiger partial charge in [-0.15, -0.1) is 0 Å². The fraction of sp³-hybridized carbons (Fsp3) is 0.435. The van der Waals surface area contributed by atoms with Gasteiger partial charge in [-0.25, -0.2) is 9.78 Å². The smallest absolute Gasteiger partial charge is 0.409 e. The summed E-state index contributed by atoms with van der Waals surface area (Å²) in [6, 6.07) is 14.2. The van der Waals surface area contributed by atoms with Crippen LogP contribution in [0.2, 0.25) is 0 Å². The van der Waals surface area contributed by atoms with Crippen molar-refractivity contribution in [2.45, 2.75) is 39.0 Å². The first-order valence-corrected chi connectivity index (χ1v) is 10.7. The number of amides is 1. The summed E-state index contributed by atoms with van der Waals surface area (Å²) >= 11 is 0. The lowest BCUT2D eigenvalue weighted by atomic mass is 10.1. The van der Waals surface area contributed by atoms with Gasteiger partial charge in [-0.3, -0.25) is 4.99 Å². The van der Waals surface area contributed by atoms with E-state index in [1.54, 1.807) is 18.1 Å². The van der Waals surface area contributed by atoms with E-state index in [4.69, 9.17) is 9.47 Å². The average Bonchev–Trinajstić information content (AvgIpc) is 2.82. The minimum absolute atomic E-state index is 0.233. The summed E-state index contributed by atoms with van der Waals surface area (Å²) in [5.74, 6) is 1.32. The highest BCUT2D eigenvalue weighted by molar-refractivity contribution is 5.80. The minimum atomic E-state index is -0.233. The second kappa shape index (κ2) is 11.8. The second-order valence-electron chi connectivity index (χ2n) is 7.27. The lowest BCUT2D eigenvalue weighted by Crippen LogP contribution is -2.49. The van der Waals surface area contributed by atoms with Crippen molar-refractivity contribution in [3.05, 3.63) is 59.8 Å². The molecule has 0 aliphatic carbocycles. The van der Waals surface area contributed by atoms with Gasteiger partial charge >= 0.3 is 6.09 Å². The highest BCUT2D eigenvalue weighted by Gasteiger charge is 2.24. The number of carbonyl (C=O) groups excluding carboxylic acids is 1. The first-order chi connectivity index (χ1) is 15.2. The quantitative estimate of drug-likeness (QED) is 0.524. The Bertz CT molecular complexity index is 851. The molecule has 0 radical (unpaired) electrons. The van der Waals surface area contributed by atoms with E-state index in [1.165, 1.54) is 0 Å². The molecule has 1 aromatic carbocycles. The molecule has 0 saturated carbocycles. The SMILES string of the molecule is CCOC(=O)N1CCC(NC(=NC)NCc2cccnc2OCc2ccccc2)CC1. The maximum Gasteiger partial charge on any atom is 0.409 e. The summed E-state index contributed by atoms with van der Waals surface area (Å²) in [7, 11) is 1.75. The fourth-order valence-electron chi connectivity index (χ4n) is 3.40. The molecule has 0 spiro atoms. The third kappa shape index (κ3) is 6.87. The number of nitrogens with zero attached hydrogens (tertiary/aromatic N) is 3. The third-order valence-electron chi connectivity index (χ3n) is 5.10. The summed E-state index contributed by atoms with van der Waals surface area (Å²) in [4.78, 5) is 22.3. The van der Waals surface area contributed by atoms with Gasteiger partial charge in [-0.2, -0.15) is 0 Å². The van der Waals surface area contributed by atoms with Crippen molar-refractivity contribution < 1.29 is 14.3 Å². The molecule has 3 rings (SSSR count). The Balaban J connectivity index is 1.48. The number of hydrogen-bond acceptors (Lipinski definition) is 5. The second-order valence-corrected chi connectivity index (χ2v) is 7.27. The van der Waals surface area contributed by atoms with Crippen molar-refractivity contribution in [1.29, 1.82) is 0 Å². The number of guanidine groups is 1. The Morgan fingerprint density at radius 1 is 1.19 bits per heavy atom. The lowest BCUT2D eigenvalue weighted by molar-refractivity contribution is 0.0963. The highest BCUT2D eigenvalue weighted by Crippen LogP contribution is 2.16. The molecule has 1 aromatic heterocycles. The van der Waals surface area contributed by atoms with E-state index in [9.17, 15) is 4.79 Å². The zero-order chi connectivity index (χ0) is 21.9. The van der Waals surface area contributed by atoms with E-state index in [-0.39, 0.29) is 12.1 Å². The molecule has 1 saturated heterocycles. The van der Waals surface area contributed by atoms with Crippen LogP contribution in [0.1, 0.15) is 30.9 Å². The Hall–Kier alpha value is -3.29. The summed E-state index contributed by atoms with van der Waals surface area (Å²) in [5, 5.41) is 6.78. The Morgan fingerprint density at radius 2 is 1.97 bits per heavy atom. The van der Waals surface area contributed by atoms with Crippen LogP contribution in [0.15, 0.2) is 53.7 Å². The first kappa shape index (κ1) is 22.4. The van der Waals surface area contributed by atoms with Crippen molar-refractivity contribution in [3.63, 3.8) is 0 Å². The summed E-state index contributed by atoms with van der Waals surface area (Å²) in [6.45, 7) is 4.58. The van der Waals surface area contributed by atoms with Crippen LogP contribution in [0.4, 0.5) is 4.79 Å². The molecule has 8 nitrogen and oxygen atoms in total. The molecule has 1 aliphatic heterocycles. The molecule has 31 heavy (non-hydrogen) atoms. The number of hydrogen-bond donors (Lipinski definition) is 2. The Kier molecular flexibility index (Phi) is 8.51. The molecular formula is C23H31N5O3. The molecule has 0 atom stereocenters. The van der Waals surface area contributed by atoms with Gasteiger partial charge in [-0.05, 0) is 31.4 Å². The number of benzene rings is 1. The lowest BCUT2D eigenvalue weighted by Gasteiger charge is -2.32. The van der Waals surface area contributed by atoms with Crippen molar-refractivity contribution in [1.82, 2.24) is 20.5 Å².